The van der Waals surface area contributed by atoms with Crippen LogP contribution in [0.25, 0.3) is 0 Å². The van der Waals surface area contributed by atoms with Crippen LogP contribution in [0.4, 0.5) is 15.9 Å². The summed E-state index contributed by atoms with van der Waals surface area (Å²) in [5.74, 6) is 0.180. The van der Waals surface area contributed by atoms with Crippen LogP contribution in [0.3, 0.4) is 0 Å². The standard InChI is InChI=1S/C16H18ClFN4O2S/c1-19-25(23,24)13-3-5-16(20-9-13)21-11-6-7-22(10-11)12-2-4-15(18)14(17)8-12/h2-5,8-9,11,19H,6-7,10H2,1H3,(H,20,21). The van der Waals surface area contributed by atoms with E-state index in [9.17, 15) is 12.8 Å². The van der Waals surface area contributed by atoms with Gasteiger partial charge in [0, 0.05) is 31.0 Å². The van der Waals surface area contributed by atoms with Crippen LogP contribution in [0.2, 0.25) is 5.02 Å². The molecule has 0 spiro atoms. The van der Waals surface area contributed by atoms with Gasteiger partial charge in [0.15, 0.2) is 0 Å². The highest BCUT2D eigenvalue weighted by molar-refractivity contribution is 7.89. The SMILES string of the molecule is CNS(=O)(=O)c1ccc(NC2CCN(c3ccc(F)c(Cl)c3)C2)nc1. The van der Waals surface area contributed by atoms with E-state index >= 15 is 0 Å². The molecular weight excluding hydrogens is 367 g/mol. The zero-order valence-corrected chi connectivity index (χ0v) is 15.1. The maximum Gasteiger partial charge on any atom is 0.241 e. The van der Waals surface area contributed by atoms with Crippen LogP contribution in [-0.2, 0) is 10.0 Å². The lowest BCUT2D eigenvalue weighted by Gasteiger charge is -2.19. The number of hydrogen-bond acceptors (Lipinski definition) is 5. The molecule has 0 saturated carbocycles. The first-order valence-electron chi connectivity index (χ1n) is 7.75. The van der Waals surface area contributed by atoms with E-state index < -0.39 is 15.8 Å². The van der Waals surface area contributed by atoms with E-state index in [2.05, 4.69) is 19.9 Å². The summed E-state index contributed by atoms with van der Waals surface area (Å²) < 4.78 is 38.9. The molecule has 1 saturated heterocycles. The second kappa shape index (κ2) is 7.15. The van der Waals surface area contributed by atoms with E-state index in [4.69, 9.17) is 11.6 Å². The second-order valence-electron chi connectivity index (χ2n) is 5.76. The van der Waals surface area contributed by atoms with Gasteiger partial charge in [0.25, 0.3) is 0 Å². The van der Waals surface area contributed by atoms with Gasteiger partial charge in [-0.2, -0.15) is 0 Å². The molecule has 134 valence electrons. The predicted octanol–water partition coefficient (Wildman–Crippen LogP) is 2.47. The van der Waals surface area contributed by atoms with E-state index in [1.165, 1.54) is 25.4 Å². The molecule has 0 amide bonds. The number of sulfonamides is 1. The molecule has 1 aliphatic heterocycles. The number of benzene rings is 1. The summed E-state index contributed by atoms with van der Waals surface area (Å²) in [4.78, 5) is 6.39. The van der Waals surface area contributed by atoms with E-state index in [-0.39, 0.29) is 16.0 Å². The molecule has 25 heavy (non-hydrogen) atoms. The second-order valence-corrected chi connectivity index (χ2v) is 8.05. The molecule has 2 aromatic rings. The van der Waals surface area contributed by atoms with Gasteiger partial charge in [-0.15, -0.1) is 0 Å². The Bertz CT molecular complexity index is 861. The van der Waals surface area contributed by atoms with Crippen molar-refractivity contribution in [3.63, 3.8) is 0 Å². The van der Waals surface area contributed by atoms with Gasteiger partial charge in [-0.05, 0) is 43.8 Å². The Balaban J connectivity index is 1.64. The third-order valence-corrected chi connectivity index (χ3v) is 5.81. The molecule has 2 N–H and O–H groups in total. The van der Waals surface area contributed by atoms with E-state index in [0.29, 0.717) is 5.82 Å². The summed E-state index contributed by atoms with van der Waals surface area (Å²) in [6.45, 7) is 1.53. The molecule has 0 aliphatic carbocycles. The van der Waals surface area contributed by atoms with Crippen LogP contribution in [0.15, 0.2) is 41.4 Å². The summed E-state index contributed by atoms with van der Waals surface area (Å²) in [5, 5.41) is 3.40. The molecule has 1 aromatic heterocycles. The van der Waals surface area contributed by atoms with E-state index in [1.54, 1.807) is 18.2 Å². The number of hydrogen-bond donors (Lipinski definition) is 2. The molecule has 9 heteroatoms. The monoisotopic (exact) mass is 384 g/mol. The molecular formula is C16H18ClFN4O2S. The van der Waals surface area contributed by atoms with Crippen molar-refractivity contribution >= 4 is 33.1 Å². The number of pyridine rings is 1. The van der Waals surface area contributed by atoms with Crippen molar-refractivity contribution in [3.05, 3.63) is 47.4 Å². The van der Waals surface area contributed by atoms with Gasteiger partial charge in [0.05, 0.1) is 5.02 Å². The first-order valence-corrected chi connectivity index (χ1v) is 9.61. The van der Waals surface area contributed by atoms with Gasteiger partial charge < -0.3 is 10.2 Å². The van der Waals surface area contributed by atoms with Crippen molar-refractivity contribution in [2.24, 2.45) is 0 Å². The van der Waals surface area contributed by atoms with Crippen molar-refractivity contribution < 1.29 is 12.8 Å². The number of anilines is 2. The fourth-order valence-electron chi connectivity index (χ4n) is 2.75. The Hall–Kier alpha value is -1.90. The maximum atomic E-state index is 13.3. The molecule has 0 radical (unpaired) electrons. The largest absolute Gasteiger partial charge is 0.369 e. The summed E-state index contributed by atoms with van der Waals surface area (Å²) in [6.07, 6.45) is 2.20. The first kappa shape index (κ1) is 17.9. The molecule has 0 bridgehead atoms. The maximum absolute atomic E-state index is 13.3. The minimum Gasteiger partial charge on any atom is -0.369 e. The number of halogens is 2. The Morgan fingerprint density at radius 1 is 1.32 bits per heavy atom. The summed E-state index contributed by atoms with van der Waals surface area (Å²) >= 11 is 5.84. The van der Waals surface area contributed by atoms with Gasteiger partial charge in [-0.1, -0.05) is 11.6 Å². The van der Waals surface area contributed by atoms with Crippen molar-refractivity contribution in [3.8, 4) is 0 Å². The van der Waals surface area contributed by atoms with Crippen LogP contribution in [0.5, 0.6) is 0 Å². The molecule has 2 heterocycles. The molecule has 3 rings (SSSR count). The van der Waals surface area contributed by atoms with Gasteiger partial charge in [0.1, 0.15) is 16.5 Å². The molecule has 1 atom stereocenters. The van der Waals surface area contributed by atoms with Crippen LogP contribution in [-0.4, -0.2) is 39.6 Å². The van der Waals surface area contributed by atoms with Gasteiger partial charge in [-0.3, -0.25) is 0 Å². The van der Waals surface area contributed by atoms with Crippen molar-refractivity contribution in [2.75, 3.05) is 30.4 Å². The Labute approximate surface area is 151 Å². The normalized spacial score (nSPS) is 17.7. The summed E-state index contributed by atoms with van der Waals surface area (Å²) in [5.41, 5.74) is 0.874. The lowest BCUT2D eigenvalue weighted by atomic mass is 10.2. The van der Waals surface area contributed by atoms with Crippen LogP contribution >= 0.6 is 11.6 Å². The number of aromatic nitrogens is 1. The zero-order chi connectivity index (χ0) is 18.0. The summed E-state index contributed by atoms with van der Waals surface area (Å²) in [7, 11) is -2.13. The molecule has 1 aromatic carbocycles. The summed E-state index contributed by atoms with van der Waals surface area (Å²) in [6, 6.07) is 7.99. The molecule has 1 aliphatic rings. The Morgan fingerprint density at radius 2 is 2.12 bits per heavy atom. The quantitative estimate of drug-likeness (QED) is 0.828. The highest BCUT2D eigenvalue weighted by atomic mass is 35.5. The van der Waals surface area contributed by atoms with Crippen LogP contribution < -0.4 is 14.9 Å². The van der Waals surface area contributed by atoms with Gasteiger partial charge in [-0.25, -0.2) is 22.5 Å². The lowest BCUT2D eigenvalue weighted by molar-refractivity contribution is 0.588. The van der Waals surface area contributed by atoms with E-state index in [1.807, 2.05) is 0 Å². The minimum atomic E-state index is -3.49. The molecule has 1 fully saturated rings. The Kier molecular flexibility index (Phi) is 5.12. The fourth-order valence-corrected chi connectivity index (χ4v) is 3.60. The number of nitrogens with one attached hydrogen (secondary N) is 2. The fraction of sp³-hybridized carbons (Fsp3) is 0.312. The highest BCUT2D eigenvalue weighted by Crippen LogP contribution is 2.26. The average Bonchev–Trinajstić information content (AvgIpc) is 3.06. The Morgan fingerprint density at radius 3 is 2.76 bits per heavy atom. The van der Waals surface area contributed by atoms with Crippen molar-refractivity contribution in [2.45, 2.75) is 17.4 Å². The van der Waals surface area contributed by atoms with Crippen molar-refractivity contribution in [1.82, 2.24) is 9.71 Å². The van der Waals surface area contributed by atoms with E-state index in [0.717, 1.165) is 25.2 Å². The average molecular weight is 385 g/mol. The zero-order valence-electron chi connectivity index (χ0n) is 13.5. The number of rotatable bonds is 5. The molecule has 1 unspecified atom stereocenters. The van der Waals surface area contributed by atoms with Gasteiger partial charge in [0.2, 0.25) is 10.0 Å². The predicted molar refractivity (Wildman–Crippen MR) is 96.1 cm³/mol. The molecule has 6 nitrogen and oxygen atoms in total. The van der Waals surface area contributed by atoms with Gasteiger partial charge >= 0.3 is 0 Å². The van der Waals surface area contributed by atoms with Crippen LogP contribution in [0.1, 0.15) is 6.42 Å². The minimum absolute atomic E-state index is 0.108. The number of nitrogens with zero attached hydrogens (tertiary/aromatic N) is 2. The smallest absolute Gasteiger partial charge is 0.241 e. The lowest BCUT2D eigenvalue weighted by Crippen LogP contribution is -2.26. The topological polar surface area (TPSA) is 74.3 Å². The van der Waals surface area contributed by atoms with Crippen LogP contribution in [0, 0.1) is 5.82 Å². The highest BCUT2D eigenvalue weighted by Gasteiger charge is 2.23. The van der Waals surface area contributed by atoms with Crippen molar-refractivity contribution in [1.29, 1.82) is 0 Å². The first-order chi connectivity index (χ1) is 11.9. The third-order valence-electron chi connectivity index (χ3n) is 4.12. The third kappa shape index (κ3) is 4.02.